The van der Waals surface area contributed by atoms with Gasteiger partial charge in [-0.2, -0.15) is 0 Å². The number of aromatic nitrogens is 4. The van der Waals surface area contributed by atoms with Crippen molar-refractivity contribution in [2.45, 2.75) is 38.8 Å². The topological polar surface area (TPSA) is 60.6 Å². The molecule has 0 unspecified atom stereocenters. The Bertz CT molecular complexity index is 1090. The van der Waals surface area contributed by atoms with Gasteiger partial charge in [0.15, 0.2) is 5.65 Å². The number of aryl methyl sites for hydroxylation is 1. The first-order valence-electron chi connectivity index (χ1n) is 9.31. The largest absolute Gasteiger partial charge is 0.354 e. The molecule has 1 saturated carbocycles. The zero-order valence-electron chi connectivity index (χ0n) is 15.2. The molecule has 0 atom stereocenters. The minimum absolute atomic E-state index is 0.763. The van der Waals surface area contributed by atoms with E-state index in [1.165, 1.54) is 35.7 Å². The van der Waals surface area contributed by atoms with Crippen LogP contribution in [0.15, 0.2) is 36.5 Å². The van der Waals surface area contributed by atoms with Crippen LogP contribution in [-0.2, 0) is 6.54 Å². The van der Waals surface area contributed by atoms with Crippen molar-refractivity contribution in [3.63, 3.8) is 0 Å². The number of hydrogen-bond donors (Lipinski definition) is 2. The van der Waals surface area contributed by atoms with Gasteiger partial charge in [-0.1, -0.05) is 18.6 Å². The molecule has 1 aliphatic rings. The van der Waals surface area contributed by atoms with Crippen molar-refractivity contribution in [1.82, 2.24) is 24.8 Å². The standard InChI is InChI=1S/C21H23N5/c1-13-23-20-17(8-9-22-21(20)24-13)19-11-15-7-6-14(10-18(15)25-19)12-26(2)16-4-3-5-16/h6-11,16,25H,3-5,12H2,1-2H3,(H,22,23,24). The molecule has 5 heteroatoms. The molecule has 3 heterocycles. The molecule has 0 radical (unpaired) electrons. The lowest BCUT2D eigenvalue weighted by Crippen LogP contribution is -2.36. The number of pyridine rings is 1. The SMILES string of the molecule is Cc1nc2nccc(-c3cc4ccc(CN(C)C5CCC5)cc4[nH]3)c2[nH]1. The molecule has 0 aliphatic heterocycles. The molecule has 5 rings (SSSR count). The van der Waals surface area contributed by atoms with E-state index in [-0.39, 0.29) is 0 Å². The van der Waals surface area contributed by atoms with Gasteiger partial charge in [0.05, 0.1) is 5.52 Å². The second kappa shape index (κ2) is 5.95. The molecule has 0 bridgehead atoms. The van der Waals surface area contributed by atoms with Gasteiger partial charge in [0.2, 0.25) is 0 Å². The fourth-order valence-corrected chi connectivity index (χ4v) is 3.91. The van der Waals surface area contributed by atoms with Crippen LogP contribution in [0, 0.1) is 6.92 Å². The fourth-order valence-electron chi connectivity index (χ4n) is 3.91. The quantitative estimate of drug-likeness (QED) is 0.576. The van der Waals surface area contributed by atoms with Gasteiger partial charge >= 0.3 is 0 Å². The lowest BCUT2D eigenvalue weighted by atomic mass is 9.91. The second-order valence-corrected chi connectivity index (χ2v) is 7.48. The van der Waals surface area contributed by atoms with Crippen molar-refractivity contribution in [2.24, 2.45) is 0 Å². The van der Waals surface area contributed by atoms with Crippen molar-refractivity contribution in [1.29, 1.82) is 0 Å². The maximum absolute atomic E-state index is 4.44. The first-order valence-corrected chi connectivity index (χ1v) is 9.31. The van der Waals surface area contributed by atoms with Gasteiger partial charge in [-0.15, -0.1) is 0 Å². The van der Waals surface area contributed by atoms with Crippen LogP contribution in [0.2, 0.25) is 0 Å². The molecular formula is C21H23N5. The Balaban J connectivity index is 1.51. The molecule has 2 N–H and O–H groups in total. The summed E-state index contributed by atoms with van der Waals surface area (Å²) in [5.41, 5.74) is 6.50. The number of H-pyrrole nitrogens is 2. The number of hydrogen-bond acceptors (Lipinski definition) is 3. The second-order valence-electron chi connectivity index (χ2n) is 7.48. The van der Waals surface area contributed by atoms with Gasteiger partial charge in [0.25, 0.3) is 0 Å². The van der Waals surface area contributed by atoms with Crippen molar-refractivity contribution in [2.75, 3.05) is 7.05 Å². The summed E-state index contributed by atoms with van der Waals surface area (Å²) in [5, 5.41) is 1.23. The number of benzene rings is 1. The van der Waals surface area contributed by atoms with Gasteiger partial charge in [-0.25, -0.2) is 9.97 Å². The highest BCUT2D eigenvalue weighted by Crippen LogP contribution is 2.30. The van der Waals surface area contributed by atoms with Crippen LogP contribution in [0.5, 0.6) is 0 Å². The first kappa shape index (κ1) is 15.6. The van der Waals surface area contributed by atoms with E-state index in [0.29, 0.717) is 0 Å². The third kappa shape index (κ3) is 2.59. The van der Waals surface area contributed by atoms with Gasteiger partial charge in [0, 0.05) is 40.9 Å². The molecule has 0 spiro atoms. The molecule has 26 heavy (non-hydrogen) atoms. The summed E-state index contributed by atoms with van der Waals surface area (Å²) in [7, 11) is 2.24. The van der Waals surface area contributed by atoms with Gasteiger partial charge in [-0.05, 0) is 50.6 Å². The van der Waals surface area contributed by atoms with Crippen LogP contribution in [0.4, 0.5) is 0 Å². The highest BCUT2D eigenvalue weighted by molar-refractivity contribution is 5.94. The molecule has 5 nitrogen and oxygen atoms in total. The van der Waals surface area contributed by atoms with E-state index in [2.05, 4.69) is 56.1 Å². The third-order valence-electron chi connectivity index (χ3n) is 5.62. The Morgan fingerprint density at radius 3 is 2.85 bits per heavy atom. The van der Waals surface area contributed by atoms with Crippen LogP contribution in [0.25, 0.3) is 33.3 Å². The summed E-state index contributed by atoms with van der Waals surface area (Å²) in [5.74, 6) is 0.886. The van der Waals surface area contributed by atoms with Crippen LogP contribution < -0.4 is 0 Å². The average molecular weight is 345 g/mol. The van der Waals surface area contributed by atoms with Gasteiger partial charge in [-0.3, -0.25) is 4.90 Å². The molecule has 3 aromatic heterocycles. The van der Waals surface area contributed by atoms with E-state index in [0.717, 1.165) is 40.8 Å². The molecule has 1 aromatic carbocycles. The number of aromatic amines is 2. The number of imidazole rings is 1. The summed E-state index contributed by atoms with van der Waals surface area (Å²) < 4.78 is 0. The van der Waals surface area contributed by atoms with E-state index < -0.39 is 0 Å². The fraction of sp³-hybridized carbons (Fsp3) is 0.333. The third-order valence-corrected chi connectivity index (χ3v) is 5.62. The van der Waals surface area contributed by atoms with E-state index in [1.807, 2.05) is 19.2 Å². The van der Waals surface area contributed by atoms with Gasteiger partial charge in [0.1, 0.15) is 5.82 Å². The summed E-state index contributed by atoms with van der Waals surface area (Å²) >= 11 is 0. The van der Waals surface area contributed by atoms with Crippen LogP contribution >= 0.6 is 0 Å². The Morgan fingerprint density at radius 2 is 2.04 bits per heavy atom. The number of fused-ring (bicyclic) bond motifs is 2. The average Bonchev–Trinajstić information content (AvgIpc) is 3.14. The summed E-state index contributed by atoms with van der Waals surface area (Å²) in [6.07, 6.45) is 5.88. The van der Waals surface area contributed by atoms with Crippen molar-refractivity contribution < 1.29 is 0 Å². The lowest BCUT2D eigenvalue weighted by Gasteiger charge is -2.34. The summed E-state index contributed by atoms with van der Waals surface area (Å²) in [6.45, 7) is 2.97. The number of nitrogens with zero attached hydrogens (tertiary/aromatic N) is 3. The lowest BCUT2D eigenvalue weighted by molar-refractivity contribution is 0.153. The van der Waals surface area contributed by atoms with Crippen molar-refractivity contribution in [3.8, 4) is 11.3 Å². The number of rotatable bonds is 4. The van der Waals surface area contributed by atoms with E-state index in [4.69, 9.17) is 0 Å². The van der Waals surface area contributed by atoms with E-state index in [1.54, 1.807) is 0 Å². The normalized spacial score (nSPS) is 15.2. The van der Waals surface area contributed by atoms with Crippen molar-refractivity contribution in [3.05, 3.63) is 47.9 Å². The molecule has 4 aromatic rings. The predicted molar refractivity (Wildman–Crippen MR) is 105 cm³/mol. The predicted octanol–water partition coefficient (Wildman–Crippen LogP) is 4.40. The number of nitrogens with one attached hydrogen (secondary N) is 2. The smallest absolute Gasteiger partial charge is 0.178 e. The Hall–Kier alpha value is -2.66. The molecule has 0 saturated heterocycles. The molecular weight excluding hydrogens is 322 g/mol. The van der Waals surface area contributed by atoms with Gasteiger partial charge < -0.3 is 9.97 Å². The monoisotopic (exact) mass is 345 g/mol. The van der Waals surface area contributed by atoms with Crippen LogP contribution in [-0.4, -0.2) is 37.9 Å². The summed E-state index contributed by atoms with van der Waals surface area (Å²) in [4.78, 5) is 18.2. The zero-order chi connectivity index (χ0) is 17.7. The Kier molecular flexibility index (Phi) is 3.57. The molecule has 1 aliphatic carbocycles. The van der Waals surface area contributed by atoms with E-state index >= 15 is 0 Å². The summed E-state index contributed by atoms with van der Waals surface area (Å²) in [6, 6.07) is 11.8. The maximum atomic E-state index is 4.44. The first-order chi connectivity index (χ1) is 12.7. The minimum Gasteiger partial charge on any atom is -0.354 e. The molecule has 132 valence electrons. The highest BCUT2D eigenvalue weighted by atomic mass is 15.1. The van der Waals surface area contributed by atoms with E-state index in [9.17, 15) is 0 Å². The zero-order valence-corrected chi connectivity index (χ0v) is 15.2. The highest BCUT2D eigenvalue weighted by Gasteiger charge is 2.21. The molecule has 1 fully saturated rings. The van der Waals surface area contributed by atoms with Crippen LogP contribution in [0.3, 0.4) is 0 Å². The van der Waals surface area contributed by atoms with Crippen molar-refractivity contribution >= 4 is 22.1 Å². The Labute approximate surface area is 152 Å². The maximum Gasteiger partial charge on any atom is 0.178 e. The molecule has 0 amide bonds. The Morgan fingerprint density at radius 1 is 1.15 bits per heavy atom. The van der Waals surface area contributed by atoms with Crippen LogP contribution in [0.1, 0.15) is 30.7 Å². The minimum atomic E-state index is 0.763.